The van der Waals surface area contributed by atoms with Gasteiger partial charge in [0.15, 0.2) is 0 Å². The van der Waals surface area contributed by atoms with Crippen LogP contribution in [0.1, 0.15) is 23.2 Å². The van der Waals surface area contributed by atoms with Crippen LogP contribution in [-0.4, -0.2) is 12.1 Å². The fraction of sp³-hybridized carbons (Fsp3) is 0.444. The smallest absolute Gasteiger partial charge is 0.420 e. The first-order valence-corrected chi connectivity index (χ1v) is 4.17. The zero-order valence-corrected chi connectivity index (χ0v) is 8.40. The highest BCUT2D eigenvalue weighted by Gasteiger charge is 2.40. The lowest BCUT2D eigenvalue weighted by Gasteiger charge is -2.17. The average molecular weight is 241 g/mol. The van der Waals surface area contributed by atoms with Crippen LogP contribution in [0, 0.1) is 6.92 Å². The number of pyridine rings is 1. The summed E-state index contributed by atoms with van der Waals surface area (Å²) >= 11 is 0. The second-order valence-corrected chi connectivity index (χ2v) is 3.00. The lowest BCUT2D eigenvalue weighted by Crippen LogP contribution is -2.14. The maximum Gasteiger partial charge on any atom is 0.420 e. The number of rotatable bonds is 2. The first-order valence-electron chi connectivity index (χ1n) is 4.17. The molecule has 0 saturated carbocycles. The normalized spacial score (nSPS) is 12.0. The molecular weight excluding hydrogens is 233 g/mol. The highest BCUT2D eigenvalue weighted by Crippen LogP contribution is 2.42. The van der Waals surface area contributed by atoms with Crippen LogP contribution < -0.4 is 4.74 Å². The van der Waals surface area contributed by atoms with Crippen molar-refractivity contribution in [3.63, 3.8) is 0 Å². The quantitative estimate of drug-likeness (QED) is 0.740. The molecule has 0 bridgehead atoms. The Morgan fingerprint density at radius 2 is 1.88 bits per heavy atom. The molecule has 1 aromatic rings. The molecule has 0 atom stereocenters. The van der Waals surface area contributed by atoms with Crippen molar-refractivity contribution in [2.75, 3.05) is 7.11 Å². The maximum absolute atomic E-state index is 12.6. The van der Waals surface area contributed by atoms with Crippen molar-refractivity contribution in [2.24, 2.45) is 0 Å². The van der Waals surface area contributed by atoms with Crippen molar-refractivity contribution in [3.05, 3.63) is 23.0 Å². The summed E-state index contributed by atoms with van der Waals surface area (Å²) in [4.78, 5) is 3.44. The third-order valence-electron chi connectivity index (χ3n) is 2.00. The van der Waals surface area contributed by atoms with Crippen molar-refractivity contribution >= 4 is 0 Å². The van der Waals surface area contributed by atoms with Crippen molar-refractivity contribution in [1.29, 1.82) is 0 Å². The molecule has 90 valence electrons. The molecular formula is C9H8F5NO. The number of ether oxygens (including phenoxy) is 1. The number of hydrogen-bond acceptors (Lipinski definition) is 2. The van der Waals surface area contributed by atoms with E-state index in [-0.39, 0.29) is 5.69 Å². The van der Waals surface area contributed by atoms with E-state index in [2.05, 4.69) is 9.72 Å². The Hall–Kier alpha value is -1.40. The average Bonchev–Trinajstić information content (AvgIpc) is 2.15. The van der Waals surface area contributed by atoms with Gasteiger partial charge in [-0.05, 0) is 6.92 Å². The standard InChI is InChI=1S/C9H8F5NO/c1-4-6(8(10)11)7(9(12,13)14)5(16-2)3-15-4/h3,8H,1-2H3. The van der Waals surface area contributed by atoms with Crippen LogP contribution in [0.2, 0.25) is 0 Å². The summed E-state index contributed by atoms with van der Waals surface area (Å²) < 4.78 is 67.3. The molecule has 0 saturated heterocycles. The second-order valence-electron chi connectivity index (χ2n) is 3.00. The molecule has 0 unspecified atom stereocenters. The van der Waals surface area contributed by atoms with Crippen LogP contribution in [-0.2, 0) is 6.18 Å². The molecule has 2 nitrogen and oxygen atoms in total. The van der Waals surface area contributed by atoms with E-state index in [9.17, 15) is 22.0 Å². The lowest BCUT2D eigenvalue weighted by molar-refractivity contribution is -0.140. The van der Waals surface area contributed by atoms with Crippen molar-refractivity contribution in [3.8, 4) is 5.75 Å². The first kappa shape index (κ1) is 12.7. The van der Waals surface area contributed by atoms with E-state index < -0.39 is 29.5 Å². The Morgan fingerprint density at radius 3 is 2.25 bits per heavy atom. The molecule has 0 fully saturated rings. The Morgan fingerprint density at radius 1 is 1.31 bits per heavy atom. The van der Waals surface area contributed by atoms with E-state index in [0.717, 1.165) is 20.2 Å². The molecule has 0 amide bonds. The highest BCUT2D eigenvalue weighted by atomic mass is 19.4. The number of nitrogens with zero attached hydrogens (tertiary/aromatic N) is 1. The topological polar surface area (TPSA) is 22.1 Å². The van der Waals surface area contributed by atoms with Gasteiger partial charge in [-0.3, -0.25) is 4.98 Å². The Labute approximate surface area is 88.1 Å². The van der Waals surface area contributed by atoms with Gasteiger partial charge in [0, 0.05) is 5.69 Å². The summed E-state index contributed by atoms with van der Waals surface area (Å²) in [6, 6.07) is 0. The van der Waals surface area contributed by atoms with Crippen molar-refractivity contribution in [1.82, 2.24) is 4.98 Å². The van der Waals surface area contributed by atoms with Gasteiger partial charge in [-0.25, -0.2) is 8.78 Å². The van der Waals surface area contributed by atoms with Gasteiger partial charge < -0.3 is 4.74 Å². The van der Waals surface area contributed by atoms with E-state index in [4.69, 9.17) is 0 Å². The van der Waals surface area contributed by atoms with Crippen molar-refractivity contribution < 1.29 is 26.7 Å². The van der Waals surface area contributed by atoms with E-state index in [1.807, 2.05) is 0 Å². The van der Waals surface area contributed by atoms with E-state index in [0.29, 0.717) is 0 Å². The van der Waals surface area contributed by atoms with Gasteiger partial charge in [0.1, 0.15) is 11.3 Å². The predicted molar refractivity (Wildman–Crippen MR) is 45.5 cm³/mol. The monoisotopic (exact) mass is 241 g/mol. The molecule has 16 heavy (non-hydrogen) atoms. The minimum absolute atomic E-state index is 0.358. The fourth-order valence-electron chi connectivity index (χ4n) is 1.32. The number of aromatic nitrogens is 1. The first-order chi connectivity index (χ1) is 7.29. The largest absolute Gasteiger partial charge is 0.494 e. The summed E-state index contributed by atoms with van der Waals surface area (Å²) in [5.74, 6) is -0.701. The second kappa shape index (κ2) is 4.23. The molecule has 1 aromatic heterocycles. The summed E-state index contributed by atoms with van der Waals surface area (Å²) in [6.07, 6.45) is -7.37. The number of aryl methyl sites for hydroxylation is 1. The molecule has 0 aliphatic rings. The zero-order chi connectivity index (χ0) is 12.5. The van der Waals surface area contributed by atoms with Gasteiger partial charge >= 0.3 is 6.18 Å². The van der Waals surface area contributed by atoms with E-state index in [1.54, 1.807) is 0 Å². The minimum Gasteiger partial charge on any atom is -0.494 e. The SMILES string of the molecule is COc1cnc(C)c(C(F)F)c1C(F)(F)F. The molecule has 0 aromatic carbocycles. The zero-order valence-electron chi connectivity index (χ0n) is 8.40. The molecule has 0 radical (unpaired) electrons. The van der Waals surface area contributed by atoms with Crippen LogP contribution in [0.5, 0.6) is 5.75 Å². The van der Waals surface area contributed by atoms with Crippen LogP contribution in [0.3, 0.4) is 0 Å². The molecule has 1 rings (SSSR count). The Bertz CT molecular complexity index is 388. The van der Waals surface area contributed by atoms with Crippen LogP contribution in [0.25, 0.3) is 0 Å². The molecule has 0 N–H and O–H groups in total. The Balaban J connectivity index is 3.56. The van der Waals surface area contributed by atoms with Gasteiger partial charge in [-0.1, -0.05) is 0 Å². The lowest BCUT2D eigenvalue weighted by atomic mass is 10.1. The van der Waals surface area contributed by atoms with Gasteiger partial charge in [-0.15, -0.1) is 0 Å². The molecule has 7 heteroatoms. The maximum atomic E-state index is 12.6. The van der Waals surface area contributed by atoms with E-state index >= 15 is 0 Å². The van der Waals surface area contributed by atoms with Gasteiger partial charge in [0.25, 0.3) is 6.43 Å². The molecule has 1 heterocycles. The van der Waals surface area contributed by atoms with Crippen LogP contribution in [0.4, 0.5) is 22.0 Å². The predicted octanol–water partition coefficient (Wildman–Crippen LogP) is 3.36. The minimum atomic E-state index is -4.90. The van der Waals surface area contributed by atoms with Crippen LogP contribution >= 0.6 is 0 Å². The third-order valence-corrected chi connectivity index (χ3v) is 2.00. The summed E-state index contributed by atoms with van der Waals surface area (Å²) in [5, 5.41) is 0. The van der Waals surface area contributed by atoms with Gasteiger partial charge in [-0.2, -0.15) is 13.2 Å². The fourth-order valence-corrected chi connectivity index (χ4v) is 1.32. The van der Waals surface area contributed by atoms with Crippen molar-refractivity contribution in [2.45, 2.75) is 19.5 Å². The molecule has 0 aliphatic heterocycles. The summed E-state index contributed by atoms with van der Waals surface area (Å²) in [7, 11) is 0.969. The number of alkyl halides is 5. The molecule has 0 aliphatic carbocycles. The third kappa shape index (κ3) is 2.23. The number of halogens is 5. The molecule has 0 spiro atoms. The Kier molecular flexibility index (Phi) is 3.35. The van der Waals surface area contributed by atoms with E-state index in [1.165, 1.54) is 0 Å². The number of hydrogen-bond donors (Lipinski definition) is 0. The summed E-state index contributed by atoms with van der Waals surface area (Å²) in [6.45, 7) is 1.09. The van der Waals surface area contributed by atoms with Crippen LogP contribution in [0.15, 0.2) is 6.20 Å². The number of methoxy groups -OCH3 is 1. The summed E-state index contributed by atoms with van der Waals surface area (Å²) in [5.41, 5.74) is -2.95. The highest BCUT2D eigenvalue weighted by molar-refractivity contribution is 5.43. The van der Waals surface area contributed by atoms with Gasteiger partial charge in [0.05, 0.1) is 18.9 Å². The van der Waals surface area contributed by atoms with Gasteiger partial charge in [0.2, 0.25) is 0 Å².